The molecule has 0 bridgehead atoms. The van der Waals surface area contributed by atoms with Gasteiger partial charge >= 0.3 is 14.0 Å². The van der Waals surface area contributed by atoms with E-state index >= 15 is 0 Å². The number of pyridine rings is 1. The normalized spacial score (nSPS) is 14.1. The molecule has 2 N–H and O–H groups in total. The smallest absolute Gasteiger partial charge is 0.454 e. The molecule has 2 heterocycles. The molecule has 0 aliphatic carbocycles. The highest BCUT2D eigenvalue weighted by Crippen LogP contribution is 2.49. The number of carbonyl (C=O) groups excluding carboxylic acids is 1. The highest BCUT2D eigenvalue weighted by molar-refractivity contribution is 7.38. The van der Waals surface area contributed by atoms with Gasteiger partial charge in [0, 0.05) is 11.1 Å². The number of aliphatic hydroxyl groups excluding tert-OH is 1. The third-order valence-electron chi connectivity index (χ3n) is 5.91. The zero-order chi connectivity index (χ0) is 26.7. The van der Waals surface area contributed by atoms with Crippen LogP contribution in [0.2, 0.25) is 0 Å². The number of rotatable bonds is 8. The number of fused-ring (bicyclic) bond motifs is 1. The van der Waals surface area contributed by atoms with Gasteiger partial charge in [-0.25, -0.2) is 4.39 Å². The lowest BCUT2D eigenvalue weighted by Crippen LogP contribution is -2.23. The molecule has 3 atom stereocenters. The molecule has 1 aliphatic heterocycles. The van der Waals surface area contributed by atoms with Gasteiger partial charge in [-0.05, 0) is 51.9 Å². The van der Waals surface area contributed by atoms with Crippen molar-refractivity contribution in [2.75, 3.05) is 6.79 Å². The van der Waals surface area contributed by atoms with Crippen molar-refractivity contribution in [3.05, 3.63) is 65.6 Å². The van der Waals surface area contributed by atoms with E-state index in [9.17, 15) is 23.7 Å². The lowest BCUT2D eigenvalue weighted by atomic mass is 9.88. The molecule has 4 rings (SSSR count). The van der Waals surface area contributed by atoms with E-state index in [-0.39, 0.29) is 18.3 Å². The fraction of sp³-hybridized carbons (Fsp3) is 0.259. The van der Waals surface area contributed by atoms with Crippen LogP contribution in [0.5, 0.6) is 11.5 Å². The summed E-state index contributed by atoms with van der Waals surface area (Å²) in [6, 6.07) is 12.6. The van der Waals surface area contributed by atoms with Gasteiger partial charge < -0.3 is 19.3 Å². The van der Waals surface area contributed by atoms with Gasteiger partial charge in [-0.1, -0.05) is 38.5 Å². The molecule has 3 unspecified atom stereocenters. The van der Waals surface area contributed by atoms with Crippen LogP contribution in [0.15, 0.2) is 48.5 Å². The second-order valence-electron chi connectivity index (χ2n) is 8.67. The Morgan fingerprint density at radius 3 is 2.59 bits per heavy atom. The van der Waals surface area contributed by atoms with Crippen LogP contribution in [0.1, 0.15) is 43.1 Å². The first-order valence-corrected chi connectivity index (χ1v) is 12.7. The predicted molar refractivity (Wildman–Crippen MR) is 133 cm³/mol. The zero-order valence-corrected chi connectivity index (χ0v) is 20.9. The van der Waals surface area contributed by atoms with Crippen molar-refractivity contribution >= 4 is 14.0 Å². The first-order valence-electron chi connectivity index (χ1n) is 11.4. The summed E-state index contributed by atoms with van der Waals surface area (Å²) in [6.45, 7) is 3.75. The Balaban J connectivity index is 1.98. The molecule has 8 nitrogen and oxygen atoms in total. The van der Waals surface area contributed by atoms with Crippen LogP contribution in [0, 0.1) is 18.3 Å². The number of terminal acetylenes is 1. The summed E-state index contributed by atoms with van der Waals surface area (Å²) in [5.41, 5.74) is 1.35. The van der Waals surface area contributed by atoms with Gasteiger partial charge in [-0.2, -0.15) is 4.89 Å². The number of aliphatic hydroxyl groups is 1. The van der Waals surface area contributed by atoms with Crippen molar-refractivity contribution in [2.24, 2.45) is 0 Å². The SMILES string of the molecule is C#COC(=O)CC(O)C(c1c(-c2ccc(F)cc2)cc(-c2cccc3c2OCO3)nc1C(C)C)[P+](=O)O. The van der Waals surface area contributed by atoms with Crippen LogP contribution in [0.3, 0.4) is 0 Å². The number of benzene rings is 2. The van der Waals surface area contributed by atoms with Gasteiger partial charge in [0.25, 0.3) is 0 Å². The molecule has 0 fully saturated rings. The summed E-state index contributed by atoms with van der Waals surface area (Å²) >= 11 is 0. The topological polar surface area (TPSA) is 115 Å². The van der Waals surface area contributed by atoms with E-state index in [4.69, 9.17) is 20.9 Å². The average Bonchev–Trinajstić information content (AvgIpc) is 3.33. The Hall–Kier alpha value is -3.83. The average molecular weight is 524 g/mol. The van der Waals surface area contributed by atoms with Crippen molar-refractivity contribution in [1.29, 1.82) is 0 Å². The number of para-hydroxylation sites is 1. The minimum Gasteiger partial charge on any atom is -0.454 e. The van der Waals surface area contributed by atoms with E-state index in [0.717, 1.165) is 0 Å². The lowest BCUT2D eigenvalue weighted by Gasteiger charge is -2.22. The quantitative estimate of drug-likeness (QED) is 0.239. The molecule has 0 spiro atoms. The zero-order valence-electron chi connectivity index (χ0n) is 20.1. The molecule has 10 heteroatoms. The van der Waals surface area contributed by atoms with E-state index in [2.05, 4.69) is 4.74 Å². The highest BCUT2D eigenvalue weighted by atomic mass is 31.1. The number of carbonyl (C=O) groups is 1. The van der Waals surface area contributed by atoms with E-state index in [0.29, 0.717) is 39.6 Å². The predicted octanol–water partition coefficient (Wildman–Crippen LogP) is 5.07. The monoisotopic (exact) mass is 524 g/mol. The largest absolute Gasteiger partial charge is 0.516 e. The van der Waals surface area contributed by atoms with Crippen molar-refractivity contribution in [1.82, 2.24) is 4.98 Å². The Kier molecular flexibility index (Phi) is 7.84. The molecule has 190 valence electrons. The molecule has 37 heavy (non-hydrogen) atoms. The van der Waals surface area contributed by atoms with Crippen LogP contribution < -0.4 is 9.47 Å². The number of aromatic nitrogens is 1. The summed E-state index contributed by atoms with van der Waals surface area (Å²) in [5, 5.41) is 10.9. The maximum absolute atomic E-state index is 13.8. The van der Waals surface area contributed by atoms with Gasteiger partial charge in [0.15, 0.2) is 11.5 Å². The molecular weight excluding hydrogens is 500 g/mol. The molecule has 0 saturated heterocycles. The minimum absolute atomic E-state index is 0.0549. The Morgan fingerprint density at radius 2 is 1.95 bits per heavy atom. The Labute approximate surface area is 213 Å². The van der Waals surface area contributed by atoms with Gasteiger partial charge in [0.2, 0.25) is 12.5 Å². The number of hydrogen-bond acceptors (Lipinski definition) is 7. The number of halogens is 1. The molecule has 1 aromatic heterocycles. The highest BCUT2D eigenvalue weighted by Gasteiger charge is 2.44. The van der Waals surface area contributed by atoms with Crippen LogP contribution in [0.25, 0.3) is 22.4 Å². The molecule has 1 aliphatic rings. The van der Waals surface area contributed by atoms with Crippen LogP contribution in [-0.4, -0.2) is 33.9 Å². The number of nitrogens with zero attached hydrogens (tertiary/aromatic N) is 1. The fourth-order valence-electron chi connectivity index (χ4n) is 4.30. The van der Waals surface area contributed by atoms with Crippen LogP contribution in [-0.2, 0) is 14.1 Å². The first-order chi connectivity index (χ1) is 17.7. The summed E-state index contributed by atoms with van der Waals surface area (Å²) in [6.07, 6.45) is 4.50. The summed E-state index contributed by atoms with van der Waals surface area (Å²) in [5.74, 6) is -0.601. The molecule has 0 saturated carbocycles. The van der Waals surface area contributed by atoms with E-state index in [1.165, 1.54) is 24.3 Å². The maximum Gasteiger partial charge on any atom is 0.516 e. The number of esters is 1. The third-order valence-corrected chi connectivity index (χ3v) is 6.99. The molecule has 0 radical (unpaired) electrons. The molecular formula is C27H24FNO7P+. The molecule has 3 aromatic rings. The van der Waals surface area contributed by atoms with Crippen molar-refractivity contribution < 1.29 is 38.0 Å². The molecule has 0 amide bonds. The van der Waals surface area contributed by atoms with Crippen molar-refractivity contribution in [2.45, 2.75) is 37.9 Å². The van der Waals surface area contributed by atoms with Crippen LogP contribution in [0.4, 0.5) is 4.39 Å². The first kappa shape index (κ1) is 26.2. The third kappa shape index (κ3) is 5.47. The van der Waals surface area contributed by atoms with E-state index in [1.54, 1.807) is 24.3 Å². The van der Waals surface area contributed by atoms with E-state index in [1.807, 2.05) is 19.9 Å². The van der Waals surface area contributed by atoms with Crippen molar-refractivity contribution in [3.63, 3.8) is 0 Å². The molecule has 2 aromatic carbocycles. The van der Waals surface area contributed by atoms with Gasteiger partial charge in [-0.3, -0.25) is 9.78 Å². The van der Waals surface area contributed by atoms with E-state index < -0.39 is 38.0 Å². The van der Waals surface area contributed by atoms with Gasteiger partial charge in [0.1, 0.15) is 18.0 Å². The second kappa shape index (κ2) is 11.1. The standard InChI is InChI=1S/C27H23FNO7P/c1-4-34-23(31)13-21(30)27(37(32)33)24-19(16-8-10-17(28)11-9-16)12-20(29-25(24)15(2)3)18-6-5-7-22-26(18)36-14-35-22/h1,5-12,15,21,27,30H,13-14H2,2-3H3/p+1. The maximum atomic E-state index is 13.8. The van der Waals surface area contributed by atoms with Crippen LogP contribution >= 0.6 is 8.03 Å². The Bertz CT molecular complexity index is 1380. The minimum atomic E-state index is -3.06. The summed E-state index contributed by atoms with van der Waals surface area (Å²) in [4.78, 5) is 27.1. The number of hydrogen-bond donors (Lipinski definition) is 2. The van der Waals surface area contributed by atoms with Gasteiger partial charge in [-0.15, -0.1) is 0 Å². The summed E-state index contributed by atoms with van der Waals surface area (Å²) in [7, 11) is -3.06. The van der Waals surface area contributed by atoms with Gasteiger partial charge in [0.05, 0.1) is 17.8 Å². The lowest BCUT2D eigenvalue weighted by molar-refractivity contribution is -0.139. The second-order valence-corrected chi connectivity index (χ2v) is 9.83. The Morgan fingerprint density at radius 1 is 1.22 bits per heavy atom. The summed E-state index contributed by atoms with van der Waals surface area (Å²) < 4.78 is 42.1. The fourth-order valence-corrected chi connectivity index (χ4v) is 5.20. The number of ether oxygens (including phenoxy) is 3. The van der Waals surface area contributed by atoms with Crippen molar-refractivity contribution in [3.8, 4) is 46.4 Å².